The van der Waals surface area contributed by atoms with E-state index in [1.165, 1.54) is 64.2 Å². The fourth-order valence-corrected chi connectivity index (χ4v) is 4.31. The van der Waals surface area contributed by atoms with Gasteiger partial charge >= 0.3 is 0 Å². The highest BCUT2D eigenvalue weighted by atomic mass is 15.3. The molecule has 0 aliphatic heterocycles. The van der Waals surface area contributed by atoms with Gasteiger partial charge < -0.3 is 10.6 Å². The van der Waals surface area contributed by atoms with Crippen molar-refractivity contribution >= 4 is 11.9 Å². The molecule has 3 rings (SSSR count). The Morgan fingerprint density at radius 1 is 0.917 bits per heavy atom. The highest BCUT2D eigenvalue weighted by molar-refractivity contribution is 5.80. The van der Waals surface area contributed by atoms with Crippen molar-refractivity contribution in [1.29, 1.82) is 0 Å². The van der Waals surface area contributed by atoms with Gasteiger partial charge in [-0.05, 0) is 45.6 Å². The van der Waals surface area contributed by atoms with Crippen LogP contribution in [0.5, 0.6) is 0 Å². The summed E-state index contributed by atoms with van der Waals surface area (Å²) in [5, 5.41) is 0. The molecule has 1 aromatic heterocycles. The first kappa shape index (κ1) is 17.2. The molecule has 132 valence electrons. The summed E-state index contributed by atoms with van der Waals surface area (Å²) in [4.78, 5) is 15.9. The lowest BCUT2D eigenvalue weighted by Gasteiger charge is -2.42. The zero-order valence-corrected chi connectivity index (χ0v) is 15.2. The van der Waals surface area contributed by atoms with Crippen molar-refractivity contribution < 1.29 is 0 Å². The third-order valence-electron chi connectivity index (χ3n) is 5.39. The summed E-state index contributed by atoms with van der Waals surface area (Å²) in [5.41, 5.74) is 8.39. The van der Waals surface area contributed by atoms with E-state index >= 15 is 0 Å². The molecule has 0 spiro atoms. The third-order valence-corrected chi connectivity index (χ3v) is 5.39. The van der Waals surface area contributed by atoms with E-state index in [2.05, 4.69) is 19.9 Å². The predicted octanol–water partition coefficient (Wildman–Crippen LogP) is 4.01. The van der Waals surface area contributed by atoms with Crippen molar-refractivity contribution in [3.05, 3.63) is 17.5 Å². The van der Waals surface area contributed by atoms with E-state index < -0.39 is 0 Å². The van der Waals surface area contributed by atoms with Crippen LogP contribution in [0.1, 0.15) is 75.6 Å². The van der Waals surface area contributed by atoms with Crippen LogP contribution in [0.4, 0.5) is 5.95 Å². The van der Waals surface area contributed by atoms with Gasteiger partial charge in [-0.1, -0.05) is 38.5 Å². The third kappa shape index (κ3) is 4.25. The van der Waals surface area contributed by atoms with Gasteiger partial charge in [-0.25, -0.2) is 9.97 Å². The van der Waals surface area contributed by atoms with Gasteiger partial charge in [0.1, 0.15) is 0 Å². The van der Waals surface area contributed by atoms with E-state index in [1.807, 2.05) is 19.9 Å². The van der Waals surface area contributed by atoms with Gasteiger partial charge in [0.2, 0.25) is 0 Å². The van der Waals surface area contributed by atoms with Crippen LogP contribution in [0.25, 0.3) is 0 Å². The van der Waals surface area contributed by atoms with Crippen LogP contribution in [0, 0.1) is 13.8 Å². The number of hydrogen-bond acceptors (Lipinski definition) is 3. The largest absolute Gasteiger partial charge is 0.369 e. The standard InChI is InChI=1S/C19H31N5/c1-14-13-15(2)22-19(21-14)23-18(20)24(16-9-5-3-6-10-16)17-11-7-4-8-12-17/h13,16-17H,3-12H2,1-2H3,(H2,20,21,22,23). The Morgan fingerprint density at radius 2 is 1.38 bits per heavy atom. The molecule has 2 aliphatic rings. The first-order chi connectivity index (χ1) is 11.6. The number of nitrogens with zero attached hydrogens (tertiary/aromatic N) is 4. The average Bonchev–Trinajstić information content (AvgIpc) is 2.56. The van der Waals surface area contributed by atoms with Crippen LogP contribution < -0.4 is 5.73 Å². The molecule has 0 aromatic carbocycles. The second-order valence-electron chi connectivity index (χ2n) is 7.41. The lowest BCUT2D eigenvalue weighted by atomic mass is 9.89. The Morgan fingerprint density at radius 3 is 1.83 bits per heavy atom. The van der Waals surface area contributed by atoms with Crippen LogP contribution in [0.15, 0.2) is 11.1 Å². The van der Waals surface area contributed by atoms with E-state index in [-0.39, 0.29) is 0 Å². The minimum atomic E-state index is 0.501. The van der Waals surface area contributed by atoms with Crippen molar-refractivity contribution in [1.82, 2.24) is 14.9 Å². The van der Waals surface area contributed by atoms with Crippen molar-refractivity contribution in [2.75, 3.05) is 0 Å². The second kappa shape index (κ2) is 7.95. The molecule has 0 radical (unpaired) electrons. The maximum Gasteiger partial charge on any atom is 0.253 e. The molecule has 1 aromatic rings. The lowest BCUT2D eigenvalue weighted by Crippen LogP contribution is -2.51. The predicted molar refractivity (Wildman–Crippen MR) is 98.4 cm³/mol. The van der Waals surface area contributed by atoms with Crippen molar-refractivity contribution in [2.45, 2.75) is 90.1 Å². The molecule has 0 unspecified atom stereocenters. The summed E-state index contributed by atoms with van der Waals surface area (Å²) >= 11 is 0. The summed E-state index contributed by atoms with van der Waals surface area (Å²) in [6.07, 6.45) is 12.9. The Bertz CT molecular complexity index is 533. The summed E-state index contributed by atoms with van der Waals surface area (Å²) in [7, 11) is 0. The SMILES string of the molecule is Cc1cc(C)nc(/N=C(\N)N(C2CCCCC2)C2CCCCC2)n1. The van der Waals surface area contributed by atoms with E-state index in [0.717, 1.165) is 11.4 Å². The molecule has 0 atom stereocenters. The molecule has 5 heteroatoms. The quantitative estimate of drug-likeness (QED) is 0.672. The van der Waals surface area contributed by atoms with Gasteiger partial charge in [-0.15, -0.1) is 0 Å². The van der Waals surface area contributed by atoms with Gasteiger partial charge in [0, 0.05) is 23.5 Å². The van der Waals surface area contributed by atoms with Gasteiger partial charge in [0.25, 0.3) is 5.95 Å². The number of rotatable bonds is 3. The molecule has 2 fully saturated rings. The molecule has 5 nitrogen and oxygen atoms in total. The molecule has 0 saturated heterocycles. The average molecular weight is 329 g/mol. The number of hydrogen-bond donors (Lipinski definition) is 1. The molecular formula is C19H31N5. The second-order valence-corrected chi connectivity index (χ2v) is 7.41. The number of nitrogens with two attached hydrogens (primary N) is 1. The first-order valence-corrected chi connectivity index (χ1v) is 9.58. The normalized spacial score (nSPS) is 21.0. The highest BCUT2D eigenvalue weighted by Crippen LogP contribution is 2.30. The summed E-state index contributed by atoms with van der Waals surface area (Å²) in [6, 6.07) is 3.04. The molecule has 2 N–H and O–H groups in total. The smallest absolute Gasteiger partial charge is 0.253 e. The zero-order valence-electron chi connectivity index (χ0n) is 15.2. The topological polar surface area (TPSA) is 67.4 Å². The zero-order chi connectivity index (χ0) is 16.9. The van der Waals surface area contributed by atoms with Crippen molar-refractivity contribution in [3.63, 3.8) is 0 Å². The maximum absolute atomic E-state index is 6.51. The Kier molecular flexibility index (Phi) is 5.69. The summed E-state index contributed by atoms with van der Waals surface area (Å²) in [6.45, 7) is 3.95. The lowest BCUT2D eigenvalue weighted by molar-refractivity contribution is 0.156. The van der Waals surface area contributed by atoms with Gasteiger partial charge in [-0.2, -0.15) is 4.99 Å². The summed E-state index contributed by atoms with van der Waals surface area (Å²) < 4.78 is 0. The van der Waals surface area contributed by atoms with Crippen LogP contribution in [-0.4, -0.2) is 32.9 Å². The van der Waals surface area contributed by atoms with E-state index in [0.29, 0.717) is 24.0 Å². The minimum absolute atomic E-state index is 0.501. The Balaban J connectivity index is 1.86. The van der Waals surface area contributed by atoms with Crippen molar-refractivity contribution in [2.24, 2.45) is 10.7 Å². The molecular weight excluding hydrogens is 298 g/mol. The molecule has 1 heterocycles. The fraction of sp³-hybridized carbons (Fsp3) is 0.737. The minimum Gasteiger partial charge on any atom is -0.369 e. The molecule has 2 aliphatic carbocycles. The molecule has 2 saturated carbocycles. The Labute approximate surface area is 145 Å². The van der Waals surface area contributed by atoms with Gasteiger partial charge in [-0.3, -0.25) is 0 Å². The Hall–Kier alpha value is -1.65. The van der Waals surface area contributed by atoms with Crippen LogP contribution in [0.2, 0.25) is 0 Å². The van der Waals surface area contributed by atoms with Crippen molar-refractivity contribution in [3.8, 4) is 0 Å². The number of aryl methyl sites for hydroxylation is 2. The first-order valence-electron chi connectivity index (χ1n) is 9.58. The molecule has 0 bridgehead atoms. The fourth-order valence-electron chi connectivity index (χ4n) is 4.31. The van der Waals surface area contributed by atoms with E-state index in [9.17, 15) is 0 Å². The van der Waals surface area contributed by atoms with Gasteiger partial charge in [0.05, 0.1) is 0 Å². The maximum atomic E-state index is 6.51. The van der Waals surface area contributed by atoms with Crippen LogP contribution in [0.3, 0.4) is 0 Å². The van der Waals surface area contributed by atoms with Crippen LogP contribution in [-0.2, 0) is 0 Å². The monoisotopic (exact) mass is 329 g/mol. The summed E-state index contributed by atoms with van der Waals surface area (Å²) in [5.74, 6) is 1.13. The van der Waals surface area contributed by atoms with Crippen LogP contribution >= 0.6 is 0 Å². The van der Waals surface area contributed by atoms with Gasteiger partial charge in [0.15, 0.2) is 5.96 Å². The highest BCUT2D eigenvalue weighted by Gasteiger charge is 2.30. The molecule has 24 heavy (non-hydrogen) atoms. The number of aromatic nitrogens is 2. The van der Waals surface area contributed by atoms with E-state index in [1.54, 1.807) is 0 Å². The number of guanidine groups is 1. The van der Waals surface area contributed by atoms with E-state index in [4.69, 9.17) is 5.73 Å². The molecule has 0 amide bonds. The number of aliphatic imine (C=N–C) groups is 1.